The third-order valence-corrected chi connectivity index (χ3v) is 9.18. The third kappa shape index (κ3) is 4.98. The van der Waals surface area contributed by atoms with Gasteiger partial charge in [-0.15, -0.1) is 0 Å². The second-order valence-electron chi connectivity index (χ2n) is 12.2. The maximum atomic E-state index is 14.3. The van der Waals surface area contributed by atoms with Crippen molar-refractivity contribution in [1.29, 1.82) is 0 Å². The van der Waals surface area contributed by atoms with Crippen LogP contribution in [0.5, 0.6) is 23.0 Å². The topological polar surface area (TPSA) is 62.2 Å². The van der Waals surface area contributed by atoms with Gasteiger partial charge in [-0.2, -0.15) is 0 Å². The van der Waals surface area contributed by atoms with E-state index in [0.29, 0.717) is 22.3 Å². The molecule has 1 unspecified atom stereocenters. The van der Waals surface area contributed by atoms with E-state index in [1.807, 2.05) is 164 Å². The average molecular weight is 651 g/mol. The van der Waals surface area contributed by atoms with Crippen molar-refractivity contribution in [2.75, 3.05) is 9.80 Å². The summed E-state index contributed by atoms with van der Waals surface area (Å²) in [4.78, 5) is 18.6. The Morgan fingerprint density at radius 3 is 1.46 bits per heavy atom. The van der Waals surface area contributed by atoms with Crippen molar-refractivity contribution in [2.24, 2.45) is 0 Å². The number of benzene rings is 7. The van der Waals surface area contributed by atoms with Crippen LogP contribution in [0.3, 0.4) is 0 Å². The molecule has 2 heterocycles. The minimum absolute atomic E-state index is 0.177. The van der Waals surface area contributed by atoms with Gasteiger partial charge in [-0.05, 0) is 83.9 Å². The Balaban J connectivity index is 1.07. The summed E-state index contributed by atoms with van der Waals surface area (Å²) in [5.41, 5.74) is 7.42. The Bertz CT molecular complexity index is 2330. The lowest BCUT2D eigenvalue weighted by molar-refractivity contribution is 0.103. The number of ether oxygens (including phenoxy) is 2. The zero-order valence-corrected chi connectivity index (χ0v) is 26.8. The van der Waals surface area contributed by atoms with Gasteiger partial charge in [0.05, 0.1) is 22.7 Å². The second kappa shape index (κ2) is 12.1. The van der Waals surface area contributed by atoms with Gasteiger partial charge in [0.2, 0.25) is 0 Å². The number of para-hydroxylation sites is 8. The van der Waals surface area contributed by atoms with Gasteiger partial charge in [-0.25, -0.2) is 0 Å². The summed E-state index contributed by atoms with van der Waals surface area (Å²) >= 11 is 0. The largest absolute Gasteiger partial charge is 0.453 e. The van der Waals surface area contributed by atoms with Gasteiger partial charge in [-0.1, -0.05) is 97.1 Å². The molecular weight excluding hydrogens is 620 g/mol. The number of aliphatic hydroxyl groups is 1. The van der Waals surface area contributed by atoms with Crippen molar-refractivity contribution < 1.29 is 19.4 Å². The predicted octanol–water partition coefficient (Wildman–Crippen LogP) is 11.2. The summed E-state index contributed by atoms with van der Waals surface area (Å²) in [6, 6.07) is 54.2. The van der Waals surface area contributed by atoms with E-state index in [1.54, 1.807) is 6.07 Å². The Morgan fingerprint density at radius 2 is 0.920 bits per heavy atom. The zero-order chi connectivity index (χ0) is 33.6. The van der Waals surface area contributed by atoms with Crippen molar-refractivity contribution in [1.82, 2.24) is 0 Å². The molecule has 9 rings (SSSR count). The highest BCUT2D eigenvalue weighted by Gasteiger charge is 2.28. The molecule has 1 N–H and O–H groups in total. The second-order valence-corrected chi connectivity index (χ2v) is 12.2. The van der Waals surface area contributed by atoms with Crippen LogP contribution in [-0.2, 0) is 0 Å². The van der Waals surface area contributed by atoms with Crippen LogP contribution in [0.4, 0.5) is 34.1 Å². The van der Waals surface area contributed by atoms with Gasteiger partial charge in [0, 0.05) is 22.5 Å². The summed E-state index contributed by atoms with van der Waals surface area (Å²) in [6.45, 7) is 0. The number of hydrogen-bond donors (Lipinski definition) is 1. The summed E-state index contributed by atoms with van der Waals surface area (Å²) in [5, 5.41) is 11.9. The van der Waals surface area contributed by atoms with E-state index in [9.17, 15) is 9.90 Å². The molecule has 0 saturated heterocycles. The summed E-state index contributed by atoms with van der Waals surface area (Å²) in [7, 11) is 0. The van der Waals surface area contributed by atoms with Crippen molar-refractivity contribution in [3.05, 3.63) is 192 Å². The first kappa shape index (κ1) is 29.5. The lowest BCUT2D eigenvalue weighted by Gasteiger charge is -2.33. The number of fused-ring (bicyclic) bond motifs is 4. The van der Waals surface area contributed by atoms with Crippen LogP contribution >= 0.6 is 0 Å². The standard InChI is InChI=1S/C44H30N2O4/c47-43(29-13-11-15-31(27-29)45-35-19-3-7-23-39(35)49-40-24-8-4-20-36(40)45)33-17-1-2-18-34(33)44(48)30-14-12-16-32(28-30)46-37-21-5-9-25-41(37)50-42-26-10-6-22-38(42)46/h1-28,43,47H. The van der Waals surface area contributed by atoms with Crippen LogP contribution in [0.25, 0.3) is 0 Å². The van der Waals surface area contributed by atoms with Gasteiger partial charge in [0.25, 0.3) is 0 Å². The highest BCUT2D eigenvalue weighted by molar-refractivity contribution is 6.10. The van der Waals surface area contributed by atoms with E-state index in [-0.39, 0.29) is 5.78 Å². The first-order chi connectivity index (χ1) is 24.6. The van der Waals surface area contributed by atoms with E-state index in [0.717, 1.165) is 57.1 Å². The first-order valence-electron chi connectivity index (χ1n) is 16.5. The van der Waals surface area contributed by atoms with Crippen LogP contribution in [0.1, 0.15) is 33.2 Å². The number of carbonyl (C=O) groups is 1. The SMILES string of the molecule is O=C(c1cccc(N2c3ccccc3Oc3ccccc32)c1)c1ccccc1C(O)c1cccc(N2c3ccccc3Oc3ccccc32)c1. The van der Waals surface area contributed by atoms with Gasteiger partial charge < -0.3 is 24.4 Å². The molecule has 0 amide bonds. The fourth-order valence-corrected chi connectivity index (χ4v) is 6.86. The Kier molecular flexibility index (Phi) is 7.15. The molecule has 0 fully saturated rings. The number of nitrogens with zero attached hydrogens (tertiary/aromatic N) is 2. The number of anilines is 6. The van der Waals surface area contributed by atoms with Crippen LogP contribution in [0.2, 0.25) is 0 Å². The molecule has 7 aromatic rings. The summed E-state index contributed by atoms with van der Waals surface area (Å²) in [6.07, 6.45) is -1.05. The van der Waals surface area contributed by atoms with E-state index >= 15 is 0 Å². The van der Waals surface area contributed by atoms with Crippen molar-refractivity contribution in [3.8, 4) is 23.0 Å². The van der Waals surface area contributed by atoms with Crippen molar-refractivity contribution in [2.45, 2.75) is 6.10 Å². The van der Waals surface area contributed by atoms with Crippen LogP contribution < -0.4 is 19.3 Å². The lowest BCUT2D eigenvalue weighted by Crippen LogP contribution is -2.17. The Morgan fingerprint density at radius 1 is 0.480 bits per heavy atom. The van der Waals surface area contributed by atoms with Crippen LogP contribution in [-0.4, -0.2) is 10.9 Å². The van der Waals surface area contributed by atoms with Gasteiger partial charge >= 0.3 is 0 Å². The maximum absolute atomic E-state index is 14.3. The quantitative estimate of drug-likeness (QED) is 0.181. The molecule has 240 valence electrons. The van der Waals surface area contributed by atoms with Crippen LogP contribution in [0.15, 0.2) is 170 Å². The molecule has 0 aliphatic carbocycles. The molecule has 0 spiro atoms. The molecule has 0 saturated carbocycles. The monoisotopic (exact) mass is 650 g/mol. The molecular formula is C44H30N2O4. The van der Waals surface area contributed by atoms with E-state index in [1.165, 1.54) is 0 Å². The minimum Gasteiger partial charge on any atom is -0.453 e. The van der Waals surface area contributed by atoms with E-state index < -0.39 is 6.10 Å². The van der Waals surface area contributed by atoms with Gasteiger partial charge in [0.15, 0.2) is 28.8 Å². The first-order valence-corrected chi connectivity index (χ1v) is 16.5. The molecule has 6 nitrogen and oxygen atoms in total. The minimum atomic E-state index is -1.05. The molecule has 0 aromatic heterocycles. The molecule has 0 radical (unpaired) electrons. The molecule has 50 heavy (non-hydrogen) atoms. The lowest BCUT2D eigenvalue weighted by atomic mass is 9.91. The Hall–Kier alpha value is -6.63. The molecule has 0 bridgehead atoms. The number of aliphatic hydroxyl groups excluding tert-OH is 1. The number of carbonyl (C=O) groups excluding carboxylic acids is 1. The smallest absolute Gasteiger partial charge is 0.193 e. The Labute approximate surface area is 289 Å². The zero-order valence-electron chi connectivity index (χ0n) is 26.8. The normalized spacial score (nSPS) is 13.1. The molecule has 2 aliphatic rings. The highest BCUT2D eigenvalue weighted by Crippen LogP contribution is 2.51. The summed E-state index contributed by atoms with van der Waals surface area (Å²) < 4.78 is 12.4. The van der Waals surface area contributed by atoms with Crippen molar-refractivity contribution in [3.63, 3.8) is 0 Å². The molecule has 2 aliphatic heterocycles. The van der Waals surface area contributed by atoms with E-state index in [4.69, 9.17) is 9.47 Å². The highest BCUT2D eigenvalue weighted by atomic mass is 16.5. The molecule has 1 atom stereocenters. The predicted molar refractivity (Wildman–Crippen MR) is 196 cm³/mol. The maximum Gasteiger partial charge on any atom is 0.193 e. The third-order valence-electron chi connectivity index (χ3n) is 9.18. The van der Waals surface area contributed by atoms with Crippen LogP contribution in [0, 0.1) is 0 Å². The number of hydrogen-bond acceptors (Lipinski definition) is 6. The number of rotatable bonds is 6. The number of ketones is 1. The van der Waals surface area contributed by atoms with E-state index in [2.05, 4.69) is 9.80 Å². The molecule has 7 aromatic carbocycles. The average Bonchev–Trinajstić information content (AvgIpc) is 3.18. The van der Waals surface area contributed by atoms with Crippen molar-refractivity contribution >= 4 is 39.9 Å². The summed E-state index contributed by atoms with van der Waals surface area (Å²) in [5.74, 6) is 2.80. The fourth-order valence-electron chi connectivity index (χ4n) is 6.86. The molecule has 6 heteroatoms. The van der Waals surface area contributed by atoms with Gasteiger partial charge in [-0.3, -0.25) is 4.79 Å². The fraction of sp³-hybridized carbons (Fsp3) is 0.0227. The van der Waals surface area contributed by atoms with Gasteiger partial charge in [0.1, 0.15) is 6.10 Å².